The summed E-state index contributed by atoms with van der Waals surface area (Å²) >= 11 is 0. The van der Waals surface area contributed by atoms with E-state index in [9.17, 15) is 17.6 Å². The molecular formula is C20H23FN2O5S. The van der Waals surface area contributed by atoms with Crippen molar-refractivity contribution in [1.82, 2.24) is 4.72 Å². The number of halogens is 1. The van der Waals surface area contributed by atoms with Crippen LogP contribution in [0.15, 0.2) is 41.3 Å². The SMILES string of the molecule is COc1ccc(NC(=O)c2ccc(OC)c(S(=O)(=O)NC3CCCC3)c2)cc1F. The highest BCUT2D eigenvalue weighted by Gasteiger charge is 2.26. The molecular weight excluding hydrogens is 399 g/mol. The maximum atomic E-state index is 13.8. The molecule has 2 aromatic carbocycles. The molecule has 1 amide bonds. The van der Waals surface area contributed by atoms with Gasteiger partial charge in [-0.25, -0.2) is 17.5 Å². The Kier molecular flexibility index (Phi) is 6.39. The summed E-state index contributed by atoms with van der Waals surface area (Å²) in [4.78, 5) is 12.5. The van der Waals surface area contributed by atoms with Gasteiger partial charge in [-0.3, -0.25) is 4.79 Å². The maximum absolute atomic E-state index is 13.8. The second kappa shape index (κ2) is 8.79. The van der Waals surface area contributed by atoms with E-state index < -0.39 is 21.7 Å². The smallest absolute Gasteiger partial charge is 0.255 e. The van der Waals surface area contributed by atoms with Crippen LogP contribution in [0, 0.1) is 5.82 Å². The highest BCUT2D eigenvalue weighted by Crippen LogP contribution is 2.28. The number of sulfonamides is 1. The first-order chi connectivity index (χ1) is 13.8. The van der Waals surface area contributed by atoms with E-state index in [-0.39, 0.29) is 33.7 Å². The van der Waals surface area contributed by atoms with Crippen LogP contribution in [-0.2, 0) is 10.0 Å². The van der Waals surface area contributed by atoms with Crippen molar-refractivity contribution in [1.29, 1.82) is 0 Å². The summed E-state index contributed by atoms with van der Waals surface area (Å²) in [6.45, 7) is 0. The zero-order valence-corrected chi connectivity index (χ0v) is 17.0. The van der Waals surface area contributed by atoms with E-state index in [0.29, 0.717) is 0 Å². The Morgan fingerprint density at radius 3 is 2.31 bits per heavy atom. The maximum Gasteiger partial charge on any atom is 0.255 e. The highest BCUT2D eigenvalue weighted by atomic mass is 32.2. The van der Waals surface area contributed by atoms with E-state index in [4.69, 9.17) is 9.47 Å². The minimum atomic E-state index is -3.86. The van der Waals surface area contributed by atoms with E-state index >= 15 is 0 Å². The number of anilines is 1. The van der Waals surface area contributed by atoms with Gasteiger partial charge in [0.2, 0.25) is 10.0 Å². The fourth-order valence-corrected chi connectivity index (χ4v) is 4.80. The molecule has 0 radical (unpaired) electrons. The van der Waals surface area contributed by atoms with Crippen LogP contribution in [0.4, 0.5) is 10.1 Å². The minimum Gasteiger partial charge on any atom is -0.495 e. The molecule has 1 fully saturated rings. The third kappa shape index (κ3) is 4.86. The Labute approximate surface area is 169 Å². The number of ether oxygens (including phenoxy) is 2. The quantitative estimate of drug-likeness (QED) is 0.714. The Hall–Kier alpha value is -2.65. The zero-order valence-electron chi connectivity index (χ0n) is 16.2. The van der Waals surface area contributed by atoms with Crippen molar-refractivity contribution in [2.75, 3.05) is 19.5 Å². The molecule has 0 aliphatic heterocycles. The van der Waals surface area contributed by atoms with Crippen molar-refractivity contribution in [3.8, 4) is 11.5 Å². The number of amides is 1. The molecule has 7 nitrogen and oxygen atoms in total. The summed E-state index contributed by atoms with van der Waals surface area (Å²) in [6.07, 6.45) is 3.52. The van der Waals surface area contributed by atoms with Crippen molar-refractivity contribution in [2.24, 2.45) is 0 Å². The monoisotopic (exact) mass is 422 g/mol. The number of hydrogen-bond donors (Lipinski definition) is 2. The van der Waals surface area contributed by atoms with Crippen LogP contribution in [-0.4, -0.2) is 34.6 Å². The van der Waals surface area contributed by atoms with Crippen LogP contribution in [0.3, 0.4) is 0 Å². The molecule has 0 heterocycles. The van der Waals surface area contributed by atoms with Gasteiger partial charge in [0, 0.05) is 23.4 Å². The summed E-state index contributed by atoms with van der Waals surface area (Å²) in [5, 5.41) is 2.55. The molecule has 0 aromatic heterocycles. The van der Waals surface area contributed by atoms with Gasteiger partial charge in [0.05, 0.1) is 14.2 Å². The first kappa shape index (κ1) is 21.1. The van der Waals surface area contributed by atoms with Gasteiger partial charge < -0.3 is 14.8 Å². The molecule has 1 saturated carbocycles. The number of methoxy groups -OCH3 is 2. The third-order valence-corrected chi connectivity index (χ3v) is 6.34. The number of carbonyl (C=O) groups is 1. The van der Waals surface area contributed by atoms with Crippen LogP contribution in [0.5, 0.6) is 11.5 Å². The Morgan fingerprint density at radius 2 is 1.69 bits per heavy atom. The average molecular weight is 422 g/mol. The molecule has 1 aliphatic carbocycles. The number of rotatable bonds is 7. The lowest BCUT2D eigenvalue weighted by atomic mass is 10.2. The lowest BCUT2D eigenvalue weighted by molar-refractivity contribution is 0.102. The van der Waals surface area contributed by atoms with Crippen LogP contribution in [0.1, 0.15) is 36.0 Å². The molecule has 29 heavy (non-hydrogen) atoms. The van der Waals surface area contributed by atoms with Crippen LogP contribution in [0.2, 0.25) is 0 Å². The molecule has 156 valence electrons. The molecule has 0 saturated heterocycles. The number of hydrogen-bond acceptors (Lipinski definition) is 5. The predicted octanol–water partition coefficient (Wildman–Crippen LogP) is 3.32. The molecule has 0 spiro atoms. The fourth-order valence-electron chi connectivity index (χ4n) is 3.30. The van der Waals surface area contributed by atoms with Crippen LogP contribution in [0.25, 0.3) is 0 Å². The molecule has 3 rings (SSSR count). The predicted molar refractivity (Wildman–Crippen MR) is 106 cm³/mol. The van der Waals surface area contributed by atoms with E-state index in [0.717, 1.165) is 31.7 Å². The van der Waals surface area contributed by atoms with Gasteiger partial charge in [-0.05, 0) is 43.2 Å². The summed E-state index contributed by atoms with van der Waals surface area (Å²) in [5.74, 6) is -1.00. The molecule has 2 aromatic rings. The van der Waals surface area contributed by atoms with Gasteiger partial charge in [0.25, 0.3) is 5.91 Å². The van der Waals surface area contributed by atoms with E-state index in [1.165, 1.54) is 44.6 Å². The van der Waals surface area contributed by atoms with Crippen molar-refractivity contribution in [3.05, 3.63) is 47.8 Å². The first-order valence-corrected chi connectivity index (χ1v) is 10.7. The molecule has 0 atom stereocenters. The second-order valence-electron chi connectivity index (χ2n) is 6.77. The zero-order chi connectivity index (χ0) is 21.0. The van der Waals surface area contributed by atoms with Gasteiger partial charge in [0.1, 0.15) is 10.6 Å². The molecule has 0 unspecified atom stereocenters. The van der Waals surface area contributed by atoms with Gasteiger partial charge in [-0.15, -0.1) is 0 Å². The fraction of sp³-hybridized carbons (Fsp3) is 0.350. The van der Waals surface area contributed by atoms with Crippen LogP contribution >= 0.6 is 0 Å². The molecule has 9 heteroatoms. The Bertz CT molecular complexity index is 1000. The Morgan fingerprint density at radius 1 is 1.03 bits per heavy atom. The molecule has 1 aliphatic rings. The Balaban J connectivity index is 1.85. The van der Waals surface area contributed by atoms with Gasteiger partial charge in [-0.1, -0.05) is 12.8 Å². The summed E-state index contributed by atoms with van der Waals surface area (Å²) in [6, 6.07) is 8.01. The van der Waals surface area contributed by atoms with Crippen molar-refractivity contribution < 1.29 is 27.1 Å². The summed E-state index contributed by atoms with van der Waals surface area (Å²) < 4.78 is 52.2. The van der Waals surface area contributed by atoms with Gasteiger partial charge >= 0.3 is 0 Å². The number of carbonyl (C=O) groups excluding carboxylic acids is 1. The van der Waals surface area contributed by atoms with E-state index in [1.54, 1.807) is 0 Å². The standard InChI is InChI=1S/C20H23FN2O5S/c1-27-17-10-8-15(12-16(17)21)22-20(24)13-7-9-18(28-2)19(11-13)29(25,26)23-14-5-3-4-6-14/h7-12,14,23H,3-6H2,1-2H3,(H,22,24). The number of benzene rings is 2. The average Bonchev–Trinajstić information content (AvgIpc) is 3.20. The topological polar surface area (TPSA) is 93.7 Å². The second-order valence-corrected chi connectivity index (χ2v) is 8.45. The van der Waals surface area contributed by atoms with E-state index in [2.05, 4.69) is 10.0 Å². The first-order valence-electron chi connectivity index (χ1n) is 9.19. The largest absolute Gasteiger partial charge is 0.495 e. The number of nitrogens with one attached hydrogen (secondary N) is 2. The summed E-state index contributed by atoms with van der Waals surface area (Å²) in [5.41, 5.74) is 0.325. The van der Waals surface area contributed by atoms with Gasteiger partial charge in [-0.2, -0.15) is 0 Å². The van der Waals surface area contributed by atoms with Crippen LogP contribution < -0.4 is 19.5 Å². The lowest BCUT2D eigenvalue weighted by Gasteiger charge is -2.16. The van der Waals surface area contributed by atoms with Crippen molar-refractivity contribution >= 4 is 21.6 Å². The minimum absolute atomic E-state index is 0.0545. The van der Waals surface area contributed by atoms with Crippen molar-refractivity contribution in [2.45, 2.75) is 36.6 Å². The van der Waals surface area contributed by atoms with Crippen molar-refractivity contribution in [3.63, 3.8) is 0 Å². The van der Waals surface area contributed by atoms with E-state index in [1.807, 2.05) is 0 Å². The molecule has 0 bridgehead atoms. The molecule has 2 N–H and O–H groups in total. The third-order valence-electron chi connectivity index (χ3n) is 4.80. The lowest BCUT2D eigenvalue weighted by Crippen LogP contribution is -2.33. The summed E-state index contributed by atoms with van der Waals surface area (Å²) in [7, 11) is -1.15. The normalized spacial score (nSPS) is 14.6. The van der Waals surface area contributed by atoms with Gasteiger partial charge in [0.15, 0.2) is 11.6 Å². The highest BCUT2D eigenvalue weighted by molar-refractivity contribution is 7.89.